The van der Waals surface area contributed by atoms with Crippen molar-refractivity contribution in [2.45, 2.75) is 52.7 Å². The van der Waals surface area contributed by atoms with Crippen LogP contribution in [0.15, 0.2) is 73.1 Å². The molecule has 0 bridgehead atoms. The summed E-state index contributed by atoms with van der Waals surface area (Å²) in [6.07, 6.45) is 4.68. The quantitative estimate of drug-likeness (QED) is 0.534. The number of aromatic nitrogens is 1. The first-order chi connectivity index (χ1) is 15.4. The number of benzene rings is 2. The number of nitrogens with zero attached hydrogens (tertiary/aromatic N) is 2. The topological polar surface area (TPSA) is 62.3 Å². The summed E-state index contributed by atoms with van der Waals surface area (Å²) < 4.78 is 0. The summed E-state index contributed by atoms with van der Waals surface area (Å²) in [5.74, 6) is -0.176. The van der Waals surface area contributed by atoms with Gasteiger partial charge in [0.05, 0.1) is 12.5 Å². The number of aryl methyl sites for hydroxylation is 2. The second kappa shape index (κ2) is 11.2. The Bertz CT molecular complexity index is 1020. The van der Waals surface area contributed by atoms with Crippen LogP contribution in [0, 0.1) is 6.92 Å². The maximum Gasteiger partial charge on any atom is 0.225 e. The van der Waals surface area contributed by atoms with Crippen LogP contribution in [0.3, 0.4) is 0 Å². The van der Waals surface area contributed by atoms with Gasteiger partial charge in [-0.05, 0) is 41.7 Å². The van der Waals surface area contributed by atoms with Crippen LogP contribution in [0.1, 0.15) is 54.1 Å². The van der Waals surface area contributed by atoms with Gasteiger partial charge in [-0.3, -0.25) is 14.6 Å². The van der Waals surface area contributed by atoms with E-state index in [0.717, 1.165) is 28.7 Å². The molecule has 1 heterocycles. The fourth-order valence-electron chi connectivity index (χ4n) is 3.65. The van der Waals surface area contributed by atoms with E-state index in [4.69, 9.17) is 0 Å². The third-order valence-electron chi connectivity index (χ3n) is 5.49. The highest BCUT2D eigenvalue weighted by Crippen LogP contribution is 2.21. The lowest BCUT2D eigenvalue weighted by Crippen LogP contribution is -2.35. The molecule has 1 atom stereocenters. The van der Waals surface area contributed by atoms with Crippen molar-refractivity contribution in [3.63, 3.8) is 0 Å². The molecule has 0 radical (unpaired) electrons. The summed E-state index contributed by atoms with van der Waals surface area (Å²) in [4.78, 5) is 31.3. The zero-order valence-electron chi connectivity index (χ0n) is 19.0. The predicted octanol–water partition coefficient (Wildman–Crippen LogP) is 4.75. The molecule has 1 unspecified atom stereocenters. The second-order valence-corrected chi connectivity index (χ2v) is 8.15. The lowest BCUT2D eigenvalue weighted by Gasteiger charge is -2.26. The van der Waals surface area contributed by atoms with Gasteiger partial charge in [0.1, 0.15) is 0 Å². The molecule has 0 spiro atoms. The molecule has 2 amide bonds. The maximum atomic E-state index is 13.5. The Morgan fingerprint density at radius 3 is 2.19 bits per heavy atom. The molecule has 1 aromatic heterocycles. The van der Waals surface area contributed by atoms with Gasteiger partial charge in [0.15, 0.2) is 0 Å². The first kappa shape index (κ1) is 23.2. The van der Waals surface area contributed by atoms with Crippen molar-refractivity contribution in [1.82, 2.24) is 15.2 Å². The molecule has 166 valence electrons. The van der Waals surface area contributed by atoms with E-state index in [0.29, 0.717) is 13.1 Å². The van der Waals surface area contributed by atoms with Crippen LogP contribution in [-0.4, -0.2) is 21.7 Å². The number of pyridine rings is 1. The van der Waals surface area contributed by atoms with Crippen molar-refractivity contribution in [1.29, 1.82) is 0 Å². The Morgan fingerprint density at radius 1 is 0.938 bits per heavy atom. The number of hydrogen-bond acceptors (Lipinski definition) is 3. The lowest BCUT2D eigenvalue weighted by molar-refractivity contribution is -0.133. The zero-order valence-corrected chi connectivity index (χ0v) is 19.0. The molecule has 0 saturated heterocycles. The number of hydrogen-bond donors (Lipinski definition) is 1. The van der Waals surface area contributed by atoms with Gasteiger partial charge in [-0.25, -0.2) is 0 Å². The minimum Gasteiger partial charge on any atom is -0.349 e. The van der Waals surface area contributed by atoms with E-state index in [1.54, 1.807) is 12.4 Å². The molecular formula is C27H31N3O2. The van der Waals surface area contributed by atoms with Crippen molar-refractivity contribution < 1.29 is 9.59 Å². The SMILES string of the molecule is CCc1ccc(CN(Cc2cccnc2)C(=O)CC(NC(C)=O)c2ccc(C)cc2)cc1. The first-order valence-corrected chi connectivity index (χ1v) is 11.0. The van der Waals surface area contributed by atoms with E-state index in [1.165, 1.54) is 12.5 Å². The van der Waals surface area contributed by atoms with Crippen molar-refractivity contribution in [3.8, 4) is 0 Å². The normalized spacial score (nSPS) is 11.6. The number of carbonyl (C=O) groups excluding carboxylic acids is 2. The van der Waals surface area contributed by atoms with Gasteiger partial charge in [-0.1, -0.05) is 67.1 Å². The smallest absolute Gasteiger partial charge is 0.225 e. The molecule has 5 nitrogen and oxygen atoms in total. The van der Waals surface area contributed by atoms with E-state index in [2.05, 4.69) is 41.5 Å². The minimum absolute atomic E-state index is 0.0206. The van der Waals surface area contributed by atoms with Crippen LogP contribution in [0.4, 0.5) is 0 Å². The summed E-state index contributed by atoms with van der Waals surface area (Å²) >= 11 is 0. The van der Waals surface area contributed by atoms with Crippen molar-refractivity contribution in [3.05, 3.63) is 101 Å². The van der Waals surface area contributed by atoms with Crippen LogP contribution >= 0.6 is 0 Å². The Kier molecular flexibility index (Phi) is 8.14. The van der Waals surface area contributed by atoms with Crippen molar-refractivity contribution >= 4 is 11.8 Å². The van der Waals surface area contributed by atoms with Crippen LogP contribution in [-0.2, 0) is 29.1 Å². The lowest BCUT2D eigenvalue weighted by atomic mass is 10.0. The summed E-state index contributed by atoms with van der Waals surface area (Å²) in [6.45, 7) is 6.58. The molecule has 1 N–H and O–H groups in total. The van der Waals surface area contributed by atoms with Gasteiger partial charge in [-0.2, -0.15) is 0 Å². The molecule has 5 heteroatoms. The van der Waals surface area contributed by atoms with Crippen LogP contribution in [0.5, 0.6) is 0 Å². The van der Waals surface area contributed by atoms with Crippen LogP contribution in [0.2, 0.25) is 0 Å². The number of amides is 2. The Balaban J connectivity index is 1.82. The number of rotatable bonds is 9. The third-order valence-corrected chi connectivity index (χ3v) is 5.49. The van der Waals surface area contributed by atoms with Crippen molar-refractivity contribution in [2.75, 3.05) is 0 Å². The highest BCUT2D eigenvalue weighted by atomic mass is 16.2. The summed E-state index contributed by atoms with van der Waals surface area (Å²) in [7, 11) is 0. The zero-order chi connectivity index (χ0) is 22.9. The third kappa shape index (κ3) is 6.77. The number of carbonyl (C=O) groups is 2. The van der Waals surface area contributed by atoms with Gasteiger partial charge >= 0.3 is 0 Å². The van der Waals surface area contributed by atoms with E-state index in [9.17, 15) is 9.59 Å². The van der Waals surface area contributed by atoms with Crippen LogP contribution < -0.4 is 5.32 Å². The van der Waals surface area contributed by atoms with Crippen molar-refractivity contribution in [2.24, 2.45) is 0 Å². The minimum atomic E-state index is -0.375. The summed E-state index contributed by atoms with van der Waals surface area (Å²) in [6, 6.07) is 19.8. The van der Waals surface area contributed by atoms with Gasteiger partial charge in [0, 0.05) is 32.4 Å². The summed E-state index contributed by atoms with van der Waals surface area (Å²) in [5, 5.41) is 2.95. The Hall–Kier alpha value is -3.47. The van der Waals surface area contributed by atoms with E-state index < -0.39 is 0 Å². The molecule has 0 fully saturated rings. The molecular weight excluding hydrogens is 398 g/mol. The standard InChI is InChI=1S/C27H31N3O2/c1-4-22-9-11-23(12-10-22)18-30(19-24-6-5-15-28-17-24)27(32)16-26(29-21(3)31)25-13-7-20(2)8-14-25/h5-15,17,26H,4,16,18-19H2,1-3H3,(H,29,31). The molecule has 3 aromatic rings. The van der Waals surface area contributed by atoms with E-state index in [-0.39, 0.29) is 24.3 Å². The molecule has 2 aromatic carbocycles. The Morgan fingerprint density at radius 2 is 1.59 bits per heavy atom. The largest absolute Gasteiger partial charge is 0.349 e. The molecule has 0 aliphatic rings. The highest BCUT2D eigenvalue weighted by molar-refractivity contribution is 5.79. The van der Waals surface area contributed by atoms with Gasteiger partial charge in [0.25, 0.3) is 0 Å². The maximum absolute atomic E-state index is 13.5. The average Bonchev–Trinajstić information content (AvgIpc) is 2.79. The molecule has 0 aliphatic heterocycles. The van der Waals surface area contributed by atoms with E-state index >= 15 is 0 Å². The first-order valence-electron chi connectivity index (χ1n) is 11.0. The Labute approximate surface area is 190 Å². The van der Waals surface area contributed by atoms with Gasteiger partial charge in [0.2, 0.25) is 11.8 Å². The molecule has 0 aliphatic carbocycles. The molecule has 3 rings (SSSR count). The second-order valence-electron chi connectivity index (χ2n) is 8.15. The van der Waals surface area contributed by atoms with Crippen LogP contribution in [0.25, 0.3) is 0 Å². The molecule has 0 saturated carbocycles. The monoisotopic (exact) mass is 429 g/mol. The number of nitrogens with one attached hydrogen (secondary N) is 1. The van der Waals surface area contributed by atoms with E-state index in [1.807, 2.05) is 48.2 Å². The fourth-order valence-corrected chi connectivity index (χ4v) is 3.65. The predicted molar refractivity (Wildman–Crippen MR) is 127 cm³/mol. The average molecular weight is 430 g/mol. The summed E-state index contributed by atoms with van der Waals surface area (Å²) in [5.41, 5.74) is 5.37. The molecule has 32 heavy (non-hydrogen) atoms. The fraction of sp³-hybridized carbons (Fsp3) is 0.296. The van der Waals surface area contributed by atoms with Gasteiger partial charge in [-0.15, -0.1) is 0 Å². The highest BCUT2D eigenvalue weighted by Gasteiger charge is 2.22. The van der Waals surface area contributed by atoms with Gasteiger partial charge < -0.3 is 10.2 Å².